The largest absolute Gasteiger partial charge is 0.347 e. The van der Waals surface area contributed by atoms with E-state index in [1.54, 1.807) is 18.2 Å². The van der Waals surface area contributed by atoms with E-state index in [0.717, 1.165) is 81.9 Å². The van der Waals surface area contributed by atoms with Crippen LogP contribution in [0, 0.1) is 5.41 Å². The molecule has 2 saturated heterocycles. The number of hydrogen-bond donors (Lipinski definition) is 1. The summed E-state index contributed by atoms with van der Waals surface area (Å²) >= 11 is 12.4. The third-order valence-corrected chi connectivity index (χ3v) is 9.93. The Labute approximate surface area is 257 Å². The zero-order chi connectivity index (χ0) is 29.4. The van der Waals surface area contributed by atoms with Crippen molar-refractivity contribution in [2.75, 3.05) is 45.2 Å². The standard InChI is InChI=1S/C32H36Cl2N6O2/c1-38(2)31-35-17-21(18-36-31)19-39-13-10-32(11-14-39)12-15-40(20-32)30(42)23-7-6-22-8-9-27(25(22)16-23)37-29(41)24-4-3-5-26(33)28(24)34/h3-7,16-18,27H,8-15,19-20H2,1-2H3,(H,37,41). The SMILES string of the molecule is CN(C)c1ncc(CN2CCC3(CC2)CCN(C(=O)c2ccc4c(c2)C(NC(=O)c2cccc(Cl)c2Cl)CC4)C3)cn1. The van der Waals surface area contributed by atoms with Gasteiger partial charge < -0.3 is 15.1 Å². The average molecular weight is 608 g/mol. The zero-order valence-electron chi connectivity index (χ0n) is 24.1. The first kappa shape index (κ1) is 28.9. The fourth-order valence-corrected chi connectivity index (χ4v) is 6.99. The summed E-state index contributed by atoms with van der Waals surface area (Å²) in [4.78, 5) is 42.0. The fraction of sp³-hybridized carbons (Fsp3) is 0.438. The number of carbonyl (C=O) groups excluding carboxylic acids is 2. The van der Waals surface area contributed by atoms with Gasteiger partial charge >= 0.3 is 0 Å². The van der Waals surface area contributed by atoms with Gasteiger partial charge in [-0.2, -0.15) is 0 Å². The number of hydrogen-bond acceptors (Lipinski definition) is 6. The molecule has 1 spiro atoms. The maximum Gasteiger partial charge on any atom is 0.253 e. The number of halogens is 2. The molecule has 3 aliphatic rings. The van der Waals surface area contributed by atoms with Crippen molar-refractivity contribution in [3.63, 3.8) is 0 Å². The molecule has 0 bridgehead atoms. The fourth-order valence-electron chi connectivity index (χ4n) is 6.60. The maximum atomic E-state index is 13.7. The van der Waals surface area contributed by atoms with Crippen molar-refractivity contribution in [3.8, 4) is 0 Å². The van der Waals surface area contributed by atoms with E-state index in [1.165, 1.54) is 5.56 Å². The molecule has 2 aliphatic heterocycles. The number of carbonyl (C=O) groups is 2. The highest BCUT2D eigenvalue weighted by Crippen LogP contribution is 2.41. The third-order valence-electron chi connectivity index (χ3n) is 9.11. The average Bonchev–Trinajstić information content (AvgIpc) is 3.59. The predicted octanol–water partition coefficient (Wildman–Crippen LogP) is 5.40. The Morgan fingerprint density at radius 2 is 1.79 bits per heavy atom. The molecule has 6 rings (SSSR count). The summed E-state index contributed by atoms with van der Waals surface area (Å²) in [5.74, 6) is 0.534. The number of piperidine rings is 1. The lowest BCUT2D eigenvalue weighted by Gasteiger charge is -2.39. The van der Waals surface area contributed by atoms with E-state index in [0.29, 0.717) is 16.1 Å². The van der Waals surface area contributed by atoms with Gasteiger partial charge in [-0.15, -0.1) is 0 Å². The molecule has 3 heterocycles. The molecule has 8 nitrogen and oxygen atoms in total. The Morgan fingerprint density at radius 1 is 1.05 bits per heavy atom. The number of nitrogens with zero attached hydrogens (tertiary/aromatic N) is 5. The van der Waals surface area contributed by atoms with Crippen LogP contribution >= 0.6 is 23.2 Å². The smallest absolute Gasteiger partial charge is 0.253 e. The molecule has 2 aromatic carbocycles. The Kier molecular flexibility index (Phi) is 8.13. The molecular weight excluding hydrogens is 571 g/mol. The van der Waals surface area contributed by atoms with Crippen molar-refractivity contribution in [3.05, 3.63) is 86.7 Å². The number of amides is 2. The summed E-state index contributed by atoms with van der Waals surface area (Å²) in [6, 6.07) is 10.8. The van der Waals surface area contributed by atoms with Crippen LogP contribution in [-0.2, 0) is 13.0 Å². The number of likely N-dealkylation sites (tertiary alicyclic amines) is 2. The quantitative estimate of drug-likeness (QED) is 0.405. The Balaban J connectivity index is 1.06. The lowest BCUT2D eigenvalue weighted by molar-refractivity contribution is 0.0713. The van der Waals surface area contributed by atoms with E-state index < -0.39 is 0 Å². The van der Waals surface area contributed by atoms with Crippen molar-refractivity contribution >= 4 is 41.0 Å². The van der Waals surface area contributed by atoms with E-state index in [2.05, 4.69) is 20.2 Å². The summed E-state index contributed by atoms with van der Waals surface area (Å²) in [7, 11) is 3.88. The van der Waals surface area contributed by atoms with Crippen LogP contribution in [0.3, 0.4) is 0 Å². The molecule has 0 saturated carbocycles. The van der Waals surface area contributed by atoms with Gasteiger partial charge in [0.25, 0.3) is 11.8 Å². The topological polar surface area (TPSA) is 81.7 Å². The molecule has 1 aromatic heterocycles. The van der Waals surface area contributed by atoms with Gasteiger partial charge in [0.15, 0.2) is 0 Å². The number of aryl methyl sites for hydroxylation is 1. The lowest BCUT2D eigenvalue weighted by Crippen LogP contribution is -2.42. The summed E-state index contributed by atoms with van der Waals surface area (Å²) in [6.45, 7) is 4.44. The number of fused-ring (bicyclic) bond motifs is 1. The van der Waals surface area contributed by atoms with Crippen molar-refractivity contribution in [1.82, 2.24) is 25.1 Å². The molecule has 42 heavy (non-hydrogen) atoms. The van der Waals surface area contributed by atoms with Gasteiger partial charge in [0.2, 0.25) is 5.95 Å². The highest BCUT2D eigenvalue weighted by atomic mass is 35.5. The maximum absolute atomic E-state index is 13.7. The van der Waals surface area contributed by atoms with E-state index >= 15 is 0 Å². The first-order chi connectivity index (χ1) is 20.2. The first-order valence-corrected chi connectivity index (χ1v) is 15.3. The summed E-state index contributed by atoms with van der Waals surface area (Å²) in [5, 5.41) is 3.71. The number of nitrogens with one attached hydrogen (secondary N) is 1. The molecule has 2 amide bonds. The molecule has 1 aliphatic carbocycles. The van der Waals surface area contributed by atoms with Gasteiger partial charge in [-0.25, -0.2) is 9.97 Å². The van der Waals surface area contributed by atoms with Crippen LogP contribution in [0.1, 0.15) is 69.1 Å². The number of rotatable bonds is 6. The van der Waals surface area contributed by atoms with Crippen molar-refractivity contribution < 1.29 is 9.59 Å². The number of aromatic nitrogens is 2. The first-order valence-electron chi connectivity index (χ1n) is 14.6. The van der Waals surface area contributed by atoms with E-state index in [-0.39, 0.29) is 28.3 Å². The highest BCUT2D eigenvalue weighted by molar-refractivity contribution is 6.43. The van der Waals surface area contributed by atoms with Crippen LogP contribution in [0.2, 0.25) is 10.0 Å². The van der Waals surface area contributed by atoms with Crippen LogP contribution in [0.15, 0.2) is 48.8 Å². The van der Waals surface area contributed by atoms with Gasteiger partial charge in [0.1, 0.15) is 0 Å². The molecule has 0 radical (unpaired) electrons. The second-order valence-electron chi connectivity index (χ2n) is 12.1. The van der Waals surface area contributed by atoms with Gasteiger partial charge in [-0.1, -0.05) is 35.3 Å². The lowest BCUT2D eigenvalue weighted by atomic mass is 9.77. The highest BCUT2D eigenvalue weighted by Gasteiger charge is 2.42. The number of benzene rings is 2. The van der Waals surface area contributed by atoms with Crippen LogP contribution in [-0.4, -0.2) is 71.9 Å². The summed E-state index contributed by atoms with van der Waals surface area (Å²) in [5.41, 5.74) is 4.53. The molecular formula is C32H36Cl2N6O2. The zero-order valence-corrected chi connectivity index (χ0v) is 25.6. The van der Waals surface area contributed by atoms with Crippen LogP contribution in [0.25, 0.3) is 0 Å². The predicted molar refractivity (Wildman–Crippen MR) is 165 cm³/mol. The van der Waals surface area contributed by atoms with Crippen molar-refractivity contribution in [1.29, 1.82) is 0 Å². The summed E-state index contributed by atoms with van der Waals surface area (Å²) in [6.07, 6.45) is 8.68. The molecule has 3 aromatic rings. The summed E-state index contributed by atoms with van der Waals surface area (Å²) < 4.78 is 0. The monoisotopic (exact) mass is 606 g/mol. The molecule has 1 unspecified atom stereocenters. The van der Waals surface area contributed by atoms with Crippen molar-refractivity contribution in [2.45, 2.75) is 44.7 Å². The third kappa shape index (κ3) is 5.85. The second-order valence-corrected chi connectivity index (χ2v) is 12.9. The number of anilines is 1. The van der Waals surface area contributed by atoms with E-state index in [9.17, 15) is 9.59 Å². The Morgan fingerprint density at radius 3 is 2.52 bits per heavy atom. The van der Waals surface area contributed by atoms with Crippen LogP contribution < -0.4 is 10.2 Å². The van der Waals surface area contributed by atoms with Gasteiger partial charge in [0.05, 0.1) is 21.7 Å². The van der Waals surface area contributed by atoms with E-state index in [4.69, 9.17) is 23.2 Å². The van der Waals surface area contributed by atoms with Crippen LogP contribution in [0.4, 0.5) is 5.95 Å². The molecule has 1 atom stereocenters. The van der Waals surface area contributed by atoms with Gasteiger partial charge in [-0.3, -0.25) is 14.5 Å². The van der Waals surface area contributed by atoms with Gasteiger partial charge in [-0.05, 0) is 86.0 Å². The molecule has 1 N–H and O–H groups in total. The second kappa shape index (κ2) is 11.8. The van der Waals surface area contributed by atoms with E-state index in [1.807, 2.05) is 54.5 Å². The minimum absolute atomic E-state index is 0.0742. The minimum atomic E-state index is -0.261. The Bertz CT molecular complexity index is 1490. The molecule has 10 heteroatoms. The van der Waals surface area contributed by atoms with Gasteiger partial charge in [0, 0.05) is 57.3 Å². The van der Waals surface area contributed by atoms with Crippen LogP contribution in [0.5, 0.6) is 0 Å². The normalized spacial score (nSPS) is 19.6. The molecule has 220 valence electrons. The Hall–Kier alpha value is -3.20. The minimum Gasteiger partial charge on any atom is -0.347 e. The van der Waals surface area contributed by atoms with Crippen molar-refractivity contribution in [2.24, 2.45) is 5.41 Å². The molecule has 2 fully saturated rings.